The van der Waals surface area contributed by atoms with Gasteiger partial charge in [0, 0.05) is 25.8 Å². The van der Waals surface area contributed by atoms with E-state index in [0.717, 1.165) is 36.9 Å². The molecule has 0 saturated carbocycles. The molecule has 2 aromatic rings. The minimum atomic E-state index is 0. The van der Waals surface area contributed by atoms with Gasteiger partial charge in [0.2, 0.25) is 0 Å². The number of nitrogens with one attached hydrogen (secondary N) is 1. The molecule has 0 amide bonds. The average molecular weight is 464 g/mol. The van der Waals surface area contributed by atoms with Gasteiger partial charge in [-0.15, -0.1) is 24.0 Å². The number of likely N-dealkylation sites (tertiary alicyclic amines) is 1. The van der Waals surface area contributed by atoms with Crippen LogP contribution in [-0.2, 0) is 6.54 Å². The second kappa shape index (κ2) is 9.90. The molecule has 2 heterocycles. The summed E-state index contributed by atoms with van der Waals surface area (Å²) >= 11 is 0. The van der Waals surface area contributed by atoms with E-state index in [1.807, 2.05) is 20.0 Å². The molecule has 0 bridgehead atoms. The van der Waals surface area contributed by atoms with Gasteiger partial charge in [0.15, 0.2) is 5.96 Å². The highest BCUT2D eigenvalue weighted by Gasteiger charge is 2.28. The van der Waals surface area contributed by atoms with Gasteiger partial charge in [-0.2, -0.15) is 0 Å². The Hall–Kier alpha value is -1.63. The quantitative estimate of drug-likeness (QED) is 0.421. The van der Waals surface area contributed by atoms with E-state index in [4.69, 9.17) is 0 Å². The van der Waals surface area contributed by atoms with Crippen molar-refractivity contribution in [1.29, 1.82) is 0 Å². The molecule has 1 N–H and O–H groups in total. The number of hydrogen-bond donors (Lipinski definition) is 1. The number of piperidine rings is 1. The van der Waals surface area contributed by atoms with Crippen molar-refractivity contribution in [3.63, 3.8) is 0 Å². The van der Waals surface area contributed by atoms with E-state index in [0.29, 0.717) is 18.4 Å². The van der Waals surface area contributed by atoms with Crippen LogP contribution in [0.1, 0.15) is 36.2 Å². The number of nitrogens with zero attached hydrogens (tertiary/aromatic N) is 3. The van der Waals surface area contributed by atoms with Gasteiger partial charge in [0.05, 0.1) is 12.2 Å². The van der Waals surface area contributed by atoms with Crippen molar-refractivity contribution in [3.8, 4) is 0 Å². The molecule has 5 heteroatoms. The van der Waals surface area contributed by atoms with Crippen LogP contribution >= 0.6 is 24.0 Å². The van der Waals surface area contributed by atoms with E-state index in [2.05, 4.69) is 69.6 Å². The summed E-state index contributed by atoms with van der Waals surface area (Å²) in [6, 6.07) is 17.0. The maximum Gasteiger partial charge on any atom is 0.193 e. The zero-order valence-electron chi connectivity index (χ0n) is 15.9. The Balaban J connectivity index is 0.00000243. The molecule has 0 aliphatic carbocycles. The number of guanidine groups is 1. The number of pyridine rings is 1. The van der Waals surface area contributed by atoms with Gasteiger partial charge in [0.25, 0.3) is 0 Å². The first kappa shape index (κ1) is 20.7. The van der Waals surface area contributed by atoms with Crippen molar-refractivity contribution < 1.29 is 0 Å². The minimum absolute atomic E-state index is 0. The Labute approximate surface area is 174 Å². The lowest BCUT2D eigenvalue weighted by atomic mass is 9.82. The van der Waals surface area contributed by atoms with E-state index in [1.54, 1.807) is 0 Å². The van der Waals surface area contributed by atoms with Gasteiger partial charge in [-0.3, -0.25) is 9.98 Å². The van der Waals surface area contributed by atoms with Crippen LogP contribution in [0.25, 0.3) is 0 Å². The van der Waals surface area contributed by atoms with Crippen LogP contribution in [0.15, 0.2) is 53.5 Å². The lowest BCUT2D eigenvalue weighted by molar-refractivity contribution is 0.234. The molecule has 0 radical (unpaired) electrons. The third-order valence-electron chi connectivity index (χ3n) is 5.02. The summed E-state index contributed by atoms with van der Waals surface area (Å²) in [4.78, 5) is 11.4. The maximum atomic E-state index is 4.56. The molecule has 26 heavy (non-hydrogen) atoms. The topological polar surface area (TPSA) is 40.5 Å². The summed E-state index contributed by atoms with van der Waals surface area (Å²) < 4.78 is 0. The molecule has 0 spiro atoms. The van der Waals surface area contributed by atoms with Crippen molar-refractivity contribution in [1.82, 2.24) is 15.2 Å². The number of aryl methyl sites for hydroxylation is 1. The molecule has 1 aromatic carbocycles. The third kappa shape index (κ3) is 5.19. The first-order chi connectivity index (χ1) is 12.2. The number of halogens is 1. The van der Waals surface area contributed by atoms with Crippen molar-refractivity contribution in [2.45, 2.75) is 32.7 Å². The van der Waals surface area contributed by atoms with Crippen molar-refractivity contribution >= 4 is 29.9 Å². The Morgan fingerprint density at radius 2 is 1.96 bits per heavy atom. The molecule has 1 fully saturated rings. The molecule has 2 atom stereocenters. The second-order valence-electron chi connectivity index (χ2n) is 6.90. The minimum Gasteiger partial charge on any atom is -0.351 e. The van der Waals surface area contributed by atoms with Crippen molar-refractivity contribution in [2.24, 2.45) is 10.9 Å². The molecule has 140 valence electrons. The molecular formula is C21H29IN4. The monoisotopic (exact) mass is 464 g/mol. The summed E-state index contributed by atoms with van der Waals surface area (Å²) in [5.74, 6) is 2.21. The van der Waals surface area contributed by atoms with Gasteiger partial charge in [0.1, 0.15) is 0 Å². The first-order valence-corrected chi connectivity index (χ1v) is 9.10. The molecule has 1 aliphatic rings. The van der Waals surface area contributed by atoms with Crippen LogP contribution in [0.5, 0.6) is 0 Å². The summed E-state index contributed by atoms with van der Waals surface area (Å²) in [7, 11) is 1.86. The van der Waals surface area contributed by atoms with Crippen LogP contribution in [0, 0.1) is 12.8 Å². The zero-order valence-corrected chi connectivity index (χ0v) is 18.2. The van der Waals surface area contributed by atoms with Gasteiger partial charge in [-0.05, 0) is 42.9 Å². The highest BCUT2D eigenvalue weighted by Crippen LogP contribution is 2.32. The van der Waals surface area contributed by atoms with Crippen LogP contribution < -0.4 is 5.32 Å². The fourth-order valence-electron chi connectivity index (χ4n) is 3.73. The Morgan fingerprint density at radius 1 is 1.19 bits per heavy atom. The normalized spacial score (nSPS) is 20.4. The summed E-state index contributed by atoms with van der Waals surface area (Å²) in [6.07, 6.45) is 1.16. The second-order valence-corrected chi connectivity index (χ2v) is 6.90. The molecule has 1 saturated heterocycles. The Kier molecular flexibility index (Phi) is 7.87. The molecule has 1 aliphatic heterocycles. The number of rotatable bonds is 3. The molecule has 4 nitrogen and oxygen atoms in total. The standard InChI is InChI=1S/C21H28N4.HI/c1-16-15-25(13-12-20(16)18-9-5-4-6-10-18)21(22-3)23-14-19-11-7-8-17(2)24-19;/h4-11,16,20H,12-15H2,1-3H3,(H,22,23);1H. The smallest absolute Gasteiger partial charge is 0.193 e. The van der Waals surface area contributed by atoms with E-state index in [1.165, 1.54) is 5.56 Å². The first-order valence-electron chi connectivity index (χ1n) is 9.10. The van der Waals surface area contributed by atoms with Crippen LogP contribution in [-0.4, -0.2) is 36.0 Å². The largest absolute Gasteiger partial charge is 0.351 e. The molecule has 3 rings (SSSR count). The van der Waals surface area contributed by atoms with E-state index >= 15 is 0 Å². The maximum absolute atomic E-state index is 4.56. The predicted molar refractivity (Wildman–Crippen MR) is 119 cm³/mol. The molecule has 1 aromatic heterocycles. The Bertz CT molecular complexity index is 717. The van der Waals surface area contributed by atoms with E-state index < -0.39 is 0 Å². The SMILES string of the molecule is CN=C(NCc1cccc(C)n1)N1CCC(c2ccccc2)C(C)C1.I. The van der Waals surface area contributed by atoms with Gasteiger partial charge >= 0.3 is 0 Å². The van der Waals surface area contributed by atoms with Crippen molar-refractivity contribution in [2.75, 3.05) is 20.1 Å². The highest BCUT2D eigenvalue weighted by atomic mass is 127. The summed E-state index contributed by atoms with van der Waals surface area (Å²) in [5, 5.41) is 3.47. The van der Waals surface area contributed by atoms with Crippen molar-refractivity contribution in [3.05, 3.63) is 65.5 Å². The van der Waals surface area contributed by atoms with Crippen LogP contribution in [0.3, 0.4) is 0 Å². The highest BCUT2D eigenvalue weighted by molar-refractivity contribution is 14.0. The number of aliphatic imine (C=N–C) groups is 1. The third-order valence-corrected chi connectivity index (χ3v) is 5.02. The lowest BCUT2D eigenvalue weighted by Crippen LogP contribution is -2.47. The lowest BCUT2D eigenvalue weighted by Gasteiger charge is -2.38. The fraction of sp³-hybridized carbons (Fsp3) is 0.429. The average Bonchev–Trinajstić information content (AvgIpc) is 2.63. The van der Waals surface area contributed by atoms with Crippen LogP contribution in [0.2, 0.25) is 0 Å². The fourth-order valence-corrected chi connectivity index (χ4v) is 3.73. The Morgan fingerprint density at radius 3 is 2.62 bits per heavy atom. The summed E-state index contributed by atoms with van der Waals surface area (Å²) in [5.41, 5.74) is 3.56. The van der Waals surface area contributed by atoms with Gasteiger partial charge < -0.3 is 10.2 Å². The van der Waals surface area contributed by atoms with E-state index in [9.17, 15) is 0 Å². The van der Waals surface area contributed by atoms with Gasteiger partial charge in [-0.25, -0.2) is 0 Å². The zero-order chi connectivity index (χ0) is 17.6. The molecule has 2 unspecified atom stereocenters. The number of aromatic nitrogens is 1. The van der Waals surface area contributed by atoms with E-state index in [-0.39, 0.29) is 24.0 Å². The van der Waals surface area contributed by atoms with Crippen LogP contribution in [0.4, 0.5) is 0 Å². The molecular weight excluding hydrogens is 435 g/mol. The number of benzene rings is 1. The predicted octanol–water partition coefficient (Wildman–Crippen LogP) is 4.21. The summed E-state index contributed by atoms with van der Waals surface area (Å²) in [6.45, 7) is 7.14. The number of hydrogen-bond acceptors (Lipinski definition) is 2. The van der Waals surface area contributed by atoms with Gasteiger partial charge in [-0.1, -0.05) is 43.3 Å².